The number of ether oxygens (including phenoxy) is 1. The standard InChI is InChI=1S/C19H15F3N4O2/c1-12-5-6-13(17-11-18(25-28-17)26-23-7-8-24-26)9-16(12)27-15-4-2-3-14(10-15)19(20,21)22/h2-10,17H,11H2,1H3/t17-/m0/s1. The minimum absolute atomic E-state index is 0.111. The maximum atomic E-state index is 12.9. The fraction of sp³-hybridized carbons (Fsp3) is 0.211. The molecule has 0 saturated heterocycles. The molecule has 144 valence electrons. The smallest absolute Gasteiger partial charge is 0.416 e. The van der Waals surface area contributed by atoms with E-state index < -0.39 is 11.7 Å². The number of hydrogen-bond donors (Lipinski definition) is 0. The van der Waals surface area contributed by atoms with Crippen molar-refractivity contribution < 1.29 is 22.7 Å². The van der Waals surface area contributed by atoms with E-state index in [0.717, 1.165) is 23.3 Å². The highest BCUT2D eigenvalue weighted by Gasteiger charge is 2.31. The highest BCUT2D eigenvalue weighted by molar-refractivity contribution is 5.83. The summed E-state index contributed by atoms with van der Waals surface area (Å²) in [5, 5.41) is 12.0. The Bertz CT molecular complexity index is 1020. The lowest BCUT2D eigenvalue weighted by Crippen LogP contribution is -2.13. The highest BCUT2D eigenvalue weighted by atomic mass is 19.4. The number of oxime groups is 1. The molecule has 1 atom stereocenters. The van der Waals surface area contributed by atoms with E-state index in [0.29, 0.717) is 18.0 Å². The molecule has 0 amide bonds. The Kier molecular flexibility index (Phi) is 4.50. The molecule has 4 rings (SSSR count). The van der Waals surface area contributed by atoms with E-state index in [-0.39, 0.29) is 11.9 Å². The van der Waals surface area contributed by atoms with Crippen LogP contribution in [0.5, 0.6) is 11.5 Å². The van der Waals surface area contributed by atoms with Crippen molar-refractivity contribution in [1.29, 1.82) is 0 Å². The maximum absolute atomic E-state index is 12.9. The van der Waals surface area contributed by atoms with Gasteiger partial charge in [0.05, 0.1) is 24.4 Å². The molecule has 0 radical (unpaired) electrons. The fourth-order valence-electron chi connectivity index (χ4n) is 2.80. The number of benzene rings is 2. The van der Waals surface area contributed by atoms with Crippen molar-refractivity contribution in [2.45, 2.75) is 25.6 Å². The van der Waals surface area contributed by atoms with E-state index in [9.17, 15) is 13.2 Å². The van der Waals surface area contributed by atoms with Gasteiger partial charge in [-0.1, -0.05) is 23.4 Å². The van der Waals surface area contributed by atoms with Crippen LogP contribution in [0, 0.1) is 6.92 Å². The second-order valence-corrected chi connectivity index (χ2v) is 6.28. The summed E-state index contributed by atoms with van der Waals surface area (Å²) in [5.74, 6) is 1.13. The summed E-state index contributed by atoms with van der Waals surface area (Å²) in [6, 6.07) is 10.2. The number of aryl methyl sites for hydroxylation is 1. The van der Waals surface area contributed by atoms with Gasteiger partial charge in [-0.3, -0.25) is 0 Å². The summed E-state index contributed by atoms with van der Waals surface area (Å²) in [6.45, 7) is 1.82. The van der Waals surface area contributed by atoms with Crippen LogP contribution in [0.4, 0.5) is 13.2 Å². The molecule has 2 aromatic carbocycles. The van der Waals surface area contributed by atoms with Gasteiger partial charge in [0, 0.05) is 0 Å². The summed E-state index contributed by atoms with van der Waals surface area (Å²) in [6.07, 6.45) is -1.24. The highest BCUT2D eigenvalue weighted by Crippen LogP contribution is 2.35. The average Bonchev–Trinajstić information content (AvgIpc) is 3.34. The zero-order valence-electron chi connectivity index (χ0n) is 14.7. The van der Waals surface area contributed by atoms with E-state index in [1.807, 2.05) is 19.1 Å². The van der Waals surface area contributed by atoms with Crippen molar-refractivity contribution in [2.24, 2.45) is 5.16 Å². The van der Waals surface area contributed by atoms with Gasteiger partial charge in [-0.05, 0) is 42.3 Å². The van der Waals surface area contributed by atoms with Crippen molar-refractivity contribution in [1.82, 2.24) is 15.0 Å². The minimum Gasteiger partial charge on any atom is -0.457 e. The lowest BCUT2D eigenvalue weighted by Gasteiger charge is -2.14. The van der Waals surface area contributed by atoms with E-state index in [2.05, 4.69) is 15.4 Å². The molecule has 0 fully saturated rings. The molecular formula is C19H15F3N4O2. The Labute approximate surface area is 158 Å². The van der Waals surface area contributed by atoms with Crippen LogP contribution < -0.4 is 4.74 Å². The number of aromatic nitrogens is 3. The molecule has 0 saturated carbocycles. The zero-order chi connectivity index (χ0) is 19.7. The molecule has 6 nitrogen and oxygen atoms in total. The Morgan fingerprint density at radius 1 is 1.11 bits per heavy atom. The van der Waals surface area contributed by atoms with Gasteiger partial charge in [0.25, 0.3) is 0 Å². The second kappa shape index (κ2) is 6.99. The molecule has 0 unspecified atom stereocenters. The molecule has 28 heavy (non-hydrogen) atoms. The predicted molar refractivity (Wildman–Crippen MR) is 94.0 cm³/mol. The lowest BCUT2D eigenvalue weighted by molar-refractivity contribution is -0.137. The van der Waals surface area contributed by atoms with Gasteiger partial charge in [0.15, 0.2) is 11.9 Å². The monoisotopic (exact) mass is 388 g/mol. The Morgan fingerprint density at radius 3 is 2.64 bits per heavy atom. The molecule has 0 aliphatic carbocycles. The van der Waals surface area contributed by atoms with Gasteiger partial charge < -0.3 is 9.57 Å². The van der Waals surface area contributed by atoms with Gasteiger partial charge in [-0.25, -0.2) is 0 Å². The molecule has 1 aromatic heterocycles. The van der Waals surface area contributed by atoms with Crippen LogP contribution in [0.3, 0.4) is 0 Å². The van der Waals surface area contributed by atoms with Gasteiger partial charge >= 0.3 is 6.18 Å². The number of alkyl halides is 3. The largest absolute Gasteiger partial charge is 0.457 e. The van der Waals surface area contributed by atoms with Crippen LogP contribution in [0.15, 0.2) is 60.0 Å². The number of halogens is 3. The minimum atomic E-state index is -4.43. The first-order valence-corrected chi connectivity index (χ1v) is 8.45. The van der Waals surface area contributed by atoms with Crippen molar-refractivity contribution in [3.8, 4) is 11.5 Å². The summed E-state index contributed by atoms with van der Waals surface area (Å²) in [7, 11) is 0. The third kappa shape index (κ3) is 3.68. The molecule has 0 bridgehead atoms. The maximum Gasteiger partial charge on any atom is 0.416 e. The Balaban J connectivity index is 1.54. The van der Waals surface area contributed by atoms with E-state index >= 15 is 0 Å². The zero-order valence-corrected chi connectivity index (χ0v) is 14.7. The fourth-order valence-corrected chi connectivity index (χ4v) is 2.80. The second-order valence-electron chi connectivity index (χ2n) is 6.28. The van der Waals surface area contributed by atoms with Gasteiger partial charge in [-0.2, -0.15) is 23.4 Å². The third-order valence-corrected chi connectivity index (χ3v) is 4.28. The normalized spacial score (nSPS) is 16.6. The Hall–Kier alpha value is -3.36. The van der Waals surface area contributed by atoms with Gasteiger partial charge in [-0.15, -0.1) is 4.80 Å². The van der Waals surface area contributed by atoms with E-state index in [1.54, 1.807) is 18.5 Å². The average molecular weight is 388 g/mol. The molecule has 0 spiro atoms. The molecule has 1 aliphatic heterocycles. The van der Waals surface area contributed by atoms with Crippen LogP contribution in [-0.4, -0.2) is 20.8 Å². The summed E-state index contributed by atoms with van der Waals surface area (Å²) < 4.78 is 44.5. The molecule has 0 N–H and O–H groups in total. The van der Waals surface area contributed by atoms with Crippen molar-refractivity contribution >= 4 is 5.84 Å². The van der Waals surface area contributed by atoms with Crippen molar-refractivity contribution in [3.05, 3.63) is 71.5 Å². The first-order chi connectivity index (χ1) is 13.4. The molecular weight excluding hydrogens is 373 g/mol. The SMILES string of the molecule is Cc1ccc([C@@H]2CC(n3nccn3)=NO2)cc1Oc1cccc(C(F)(F)F)c1. The summed E-state index contributed by atoms with van der Waals surface area (Å²) >= 11 is 0. The van der Waals surface area contributed by atoms with Crippen LogP contribution in [-0.2, 0) is 11.0 Å². The first kappa shape index (κ1) is 18.0. The Morgan fingerprint density at radius 2 is 1.89 bits per heavy atom. The van der Waals surface area contributed by atoms with E-state index in [1.165, 1.54) is 16.9 Å². The summed E-state index contributed by atoms with van der Waals surface area (Å²) in [4.78, 5) is 6.85. The van der Waals surface area contributed by atoms with Crippen LogP contribution in [0.2, 0.25) is 0 Å². The molecule has 1 aliphatic rings. The quantitative estimate of drug-likeness (QED) is 0.651. The third-order valence-electron chi connectivity index (χ3n) is 4.28. The molecule has 9 heteroatoms. The van der Waals surface area contributed by atoms with Crippen LogP contribution >= 0.6 is 0 Å². The number of hydrogen-bond acceptors (Lipinski definition) is 5. The topological polar surface area (TPSA) is 61.5 Å². The molecule has 3 aromatic rings. The van der Waals surface area contributed by atoms with Crippen LogP contribution in [0.25, 0.3) is 0 Å². The predicted octanol–water partition coefficient (Wildman–Crippen LogP) is 4.72. The van der Waals surface area contributed by atoms with E-state index in [4.69, 9.17) is 9.57 Å². The van der Waals surface area contributed by atoms with Gasteiger partial charge in [0.1, 0.15) is 11.5 Å². The first-order valence-electron chi connectivity index (χ1n) is 8.45. The van der Waals surface area contributed by atoms with Gasteiger partial charge in [0.2, 0.25) is 0 Å². The number of rotatable bonds is 3. The number of nitrogens with zero attached hydrogens (tertiary/aromatic N) is 4. The van der Waals surface area contributed by atoms with Crippen molar-refractivity contribution in [2.75, 3.05) is 0 Å². The molecule has 2 heterocycles. The summed E-state index contributed by atoms with van der Waals surface area (Å²) in [5.41, 5.74) is 0.815. The van der Waals surface area contributed by atoms with Crippen LogP contribution in [0.1, 0.15) is 29.2 Å². The van der Waals surface area contributed by atoms with Crippen molar-refractivity contribution in [3.63, 3.8) is 0 Å². The lowest BCUT2D eigenvalue weighted by atomic mass is 10.0.